The van der Waals surface area contributed by atoms with Gasteiger partial charge in [-0.1, -0.05) is 60.7 Å². The number of methoxy groups -OCH3 is 1. The first-order valence-corrected chi connectivity index (χ1v) is 14.2. The standard InChI is InChI=1S/C29H35N3O6S.ClH/c1-21(33)31-27(20-39(36,37)25-14-7-4-8-15-25)29(35)32-26(17-22-10-5-3-6-11-22)28(34)19-30-18-23-12-9-13-24(16-23)38-2;/h3-16,26-28,30,34H,17-20H2,1-2H3,(H,31,33)(H,32,35);1H/t26-,27?,28+;/m0./s1. The van der Waals surface area contributed by atoms with Crippen LogP contribution >= 0.6 is 12.4 Å². The molecule has 9 nitrogen and oxygen atoms in total. The molecule has 3 aromatic carbocycles. The summed E-state index contributed by atoms with van der Waals surface area (Å²) in [6.45, 7) is 1.83. The number of hydrogen-bond acceptors (Lipinski definition) is 7. The Morgan fingerprint density at radius 3 is 2.15 bits per heavy atom. The molecule has 216 valence electrons. The summed E-state index contributed by atoms with van der Waals surface area (Å²) in [6, 6.07) is 22.5. The van der Waals surface area contributed by atoms with Crippen LogP contribution in [0.4, 0.5) is 0 Å². The van der Waals surface area contributed by atoms with Crippen LogP contribution < -0.4 is 20.7 Å². The van der Waals surface area contributed by atoms with Gasteiger partial charge in [0.15, 0.2) is 9.84 Å². The first-order chi connectivity index (χ1) is 18.7. The number of carbonyl (C=O) groups is 2. The molecule has 0 bridgehead atoms. The maximum absolute atomic E-state index is 13.3. The van der Waals surface area contributed by atoms with Crippen molar-refractivity contribution in [3.8, 4) is 5.75 Å². The summed E-state index contributed by atoms with van der Waals surface area (Å²) in [5, 5.41) is 19.5. The van der Waals surface area contributed by atoms with Gasteiger partial charge in [0.1, 0.15) is 11.8 Å². The van der Waals surface area contributed by atoms with Gasteiger partial charge in [0.2, 0.25) is 11.8 Å². The number of aliphatic hydroxyl groups is 1. The van der Waals surface area contributed by atoms with Crippen LogP contribution in [0.25, 0.3) is 0 Å². The van der Waals surface area contributed by atoms with Gasteiger partial charge in [0, 0.05) is 20.0 Å². The highest BCUT2D eigenvalue weighted by atomic mass is 35.5. The molecular weight excluding hydrogens is 554 g/mol. The van der Waals surface area contributed by atoms with Crippen LogP contribution in [0.15, 0.2) is 89.8 Å². The predicted molar refractivity (Wildman–Crippen MR) is 156 cm³/mol. The third-order valence-corrected chi connectivity index (χ3v) is 7.85. The minimum absolute atomic E-state index is 0. The van der Waals surface area contributed by atoms with Crippen molar-refractivity contribution < 1.29 is 27.9 Å². The van der Waals surface area contributed by atoms with Crippen molar-refractivity contribution in [3.63, 3.8) is 0 Å². The van der Waals surface area contributed by atoms with E-state index >= 15 is 0 Å². The van der Waals surface area contributed by atoms with Crippen molar-refractivity contribution in [3.05, 3.63) is 96.1 Å². The van der Waals surface area contributed by atoms with Gasteiger partial charge in [-0.05, 0) is 41.8 Å². The average molecular weight is 590 g/mol. The van der Waals surface area contributed by atoms with Gasteiger partial charge >= 0.3 is 0 Å². The van der Waals surface area contributed by atoms with Gasteiger partial charge in [-0.3, -0.25) is 9.59 Å². The molecular formula is C29H36ClN3O6S. The highest BCUT2D eigenvalue weighted by Crippen LogP contribution is 2.14. The molecule has 0 saturated carbocycles. The molecule has 0 radical (unpaired) electrons. The zero-order valence-corrected chi connectivity index (χ0v) is 24.1. The van der Waals surface area contributed by atoms with E-state index < -0.39 is 45.6 Å². The number of benzene rings is 3. The molecule has 3 rings (SSSR count). The molecule has 0 fully saturated rings. The number of nitrogens with one attached hydrogen (secondary N) is 3. The summed E-state index contributed by atoms with van der Waals surface area (Å²) in [6.07, 6.45) is -0.712. The number of aliphatic hydroxyl groups excluding tert-OH is 1. The molecule has 0 spiro atoms. The predicted octanol–water partition coefficient (Wildman–Crippen LogP) is 2.27. The van der Waals surface area contributed by atoms with Crippen molar-refractivity contribution in [1.82, 2.24) is 16.0 Å². The molecule has 0 aliphatic heterocycles. The van der Waals surface area contributed by atoms with E-state index in [0.717, 1.165) is 16.9 Å². The Hall–Kier alpha value is -3.44. The topological polar surface area (TPSA) is 134 Å². The number of carbonyl (C=O) groups excluding carboxylic acids is 2. The Morgan fingerprint density at radius 1 is 0.900 bits per heavy atom. The van der Waals surface area contributed by atoms with Gasteiger partial charge in [0.25, 0.3) is 0 Å². The molecule has 3 aromatic rings. The lowest BCUT2D eigenvalue weighted by molar-refractivity contribution is -0.128. The fourth-order valence-electron chi connectivity index (χ4n) is 4.10. The van der Waals surface area contributed by atoms with Gasteiger partial charge in [-0.15, -0.1) is 12.4 Å². The Balaban J connectivity index is 0.00000560. The molecule has 3 atom stereocenters. The fraction of sp³-hybridized carbons (Fsp3) is 0.310. The Kier molecular flexibility index (Phi) is 13.1. The molecule has 40 heavy (non-hydrogen) atoms. The van der Waals surface area contributed by atoms with Crippen LogP contribution in [-0.2, 0) is 32.4 Å². The van der Waals surface area contributed by atoms with E-state index in [-0.39, 0.29) is 23.8 Å². The zero-order chi connectivity index (χ0) is 28.3. The van der Waals surface area contributed by atoms with E-state index in [1.165, 1.54) is 19.1 Å². The van der Waals surface area contributed by atoms with E-state index in [1.807, 2.05) is 54.6 Å². The Bertz CT molecular complexity index is 1330. The van der Waals surface area contributed by atoms with Gasteiger partial charge in [0.05, 0.1) is 29.9 Å². The number of amides is 2. The van der Waals surface area contributed by atoms with Crippen LogP contribution in [0.1, 0.15) is 18.1 Å². The maximum Gasteiger partial charge on any atom is 0.243 e. The number of ether oxygens (including phenoxy) is 1. The van der Waals surface area contributed by atoms with Crippen LogP contribution in [0.5, 0.6) is 5.75 Å². The lowest BCUT2D eigenvalue weighted by Gasteiger charge is -2.27. The second-order valence-corrected chi connectivity index (χ2v) is 11.2. The van der Waals surface area contributed by atoms with Crippen molar-refractivity contribution >= 4 is 34.1 Å². The number of hydrogen-bond donors (Lipinski definition) is 4. The van der Waals surface area contributed by atoms with E-state index in [2.05, 4.69) is 16.0 Å². The van der Waals surface area contributed by atoms with E-state index in [0.29, 0.717) is 13.0 Å². The third-order valence-electron chi connectivity index (χ3n) is 6.09. The quantitative estimate of drug-likeness (QED) is 0.227. The van der Waals surface area contributed by atoms with Crippen molar-refractivity contribution in [2.45, 2.75) is 43.0 Å². The number of rotatable bonds is 14. The molecule has 0 saturated heterocycles. The van der Waals surface area contributed by atoms with Gasteiger partial charge in [-0.25, -0.2) is 8.42 Å². The minimum atomic E-state index is -3.88. The highest BCUT2D eigenvalue weighted by molar-refractivity contribution is 7.91. The second kappa shape index (κ2) is 16.0. The summed E-state index contributed by atoms with van der Waals surface area (Å²) in [7, 11) is -2.29. The van der Waals surface area contributed by atoms with Crippen LogP contribution in [0.2, 0.25) is 0 Å². The Morgan fingerprint density at radius 2 is 1.52 bits per heavy atom. The molecule has 2 amide bonds. The van der Waals surface area contributed by atoms with Crippen molar-refractivity contribution in [2.24, 2.45) is 0 Å². The minimum Gasteiger partial charge on any atom is -0.497 e. The zero-order valence-electron chi connectivity index (χ0n) is 22.4. The van der Waals surface area contributed by atoms with Crippen LogP contribution in [0.3, 0.4) is 0 Å². The van der Waals surface area contributed by atoms with Gasteiger partial charge in [-0.2, -0.15) is 0 Å². The molecule has 1 unspecified atom stereocenters. The summed E-state index contributed by atoms with van der Waals surface area (Å²) < 4.78 is 31.2. The largest absolute Gasteiger partial charge is 0.497 e. The van der Waals surface area contributed by atoms with E-state index in [1.54, 1.807) is 25.3 Å². The summed E-state index contributed by atoms with van der Waals surface area (Å²) in [5.74, 6) is -1.14. The van der Waals surface area contributed by atoms with Crippen molar-refractivity contribution in [1.29, 1.82) is 0 Å². The van der Waals surface area contributed by atoms with Crippen LogP contribution in [0, 0.1) is 0 Å². The highest BCUT2D eigenvalue weighted by Gasteiger charge is 2.31. The molecule has 0 aliphatic carbocycles. The molecule has 0 heterocycles. The fourth-order valence-corrected chi connectivity index (χ4v) is 5.53. The Labute approximate surface area is 241 Å². The molecule has 0 aliphatic rings. The lowest BCUT2D eigenvalue weighted by atomic mass is 10.0. The number of sulfone groups is 1. The van der Waals surface area contributed by atoms with Crippen molar-refractivity contribution in [2.75, 3.05) is 19.4 Å². The number of halogens is 1. The first kappa shape index (κ1) is 32.8. The normalized spacial score (nSPS) is 13.3. The second-order valence-electron chi connectivity index (χ2n) is 9.20. The molecule has 11 heteroatoms. The smallest absolute Gasteiger partial charge is 0.243 e. The van der Waals surface area contributed by atoms with E-state index in [4.69, 9.17) is 4.74 Å². The van der Waals surface area contributed by atoms with Gasteiger partial charge < -0.3 is 25.8 Å². The monoisotopic (exact) mass is 589 g/mol. The maximum atomic E-state index is 13.3. The summed E-state index contributed by atoms with van der Waals surface area (Å²) in [4.78, 5) is 25.2. The third kappa shape index (κ3) is 10.3. The SMILES string of the molecule is COc1cccc(CNC[C@@H](O)[C@H](Cc2ccccc2)NC(=O)C(CS(=O)(=O)c2ccccc2)NC(C)=O)c1.Cl. The molecule has 4 N–H and O–H groups in total. The van der Waals surface area contributed by atoms with E-state index in [9.17, 15) is 23.1 Å². The molecule has 0 aromatic heterocycles. The van der Waals surface area contributed by atoms with Crippen LogP contribution in [-0.4, -0.2) is 62.9 Å². The summed E-state index contributed by atoms with van der Waals surface area (Å²) >= 11 is 0. The average Bonchev–Trinajstić information content (AvgIpc) is 2.93. The first-order valence-electron chi connectivity index (χ1n) is 12.6. The lowest BCUT2D eigenvalue weighted by Crippen LogP contribution is -2.56. The summed E-state index contributed by atoms with van der Waals surface area (Å²) in [5.41, 5.74) is 1.84.